The van der Waals surface area contributed by atoms with Crippen molar-refractivity contribution in [3.8, 4) is 5.75 Å². The Balaban J connectivity index is 1.87. The third-order valence-corrected chi connectivity index (χ3v) is 4.44. The molecule has 1 aromatic rings. The highest BCUT2D eigenvalue weighted by molar-refractivity contribution is 5.36. The fraction of sp³-hybridized carbons (Fsp3) is 0.625. The smallest absolute Gasteiger partial charge is 0.123 e. The molecule has 0 aromatic heterocycles. The van der Waals surface area contributed by atoms with E-state index in [1.165, 1.54) is 44.1 Å². The number of para-hydroxylation sites is 1. The van der Waals surface area contributed by atoms with Crippen LogP contribution >= 0.6 is 0 Å². The van der Waals surface area contributed by atoms with Crippen LogP contribution in [0.5, 0.6) is 5.75 Å². The summed E-state index contributed by atoms with van der Waals surface area (Å²) >= 11 is 0. The molecular formula is C16H22O. The average molecular weight is 230 g/mol. The van der Waals surface area contributed by atoms with E-state index in [2.05, 4.69) is 38.1 Å². The van der Waals surface area contributed by atoms with Crippen LogP contribution in [-0.4, -0.2) is 5.60 Å². The molecule has 3 rings (SSSR count). The molecule has 1 nitrogen and oxygen atoms in total. The monoisotopic (exact) mass is 230 g/mol. The molecule has 1 spiro atoms. The van der Waals surface area contributed by atoms with Crippen molar-refractivity contribution in [2.45, 2.75) is 58.0 Å². The van der Waals surface area contributed by atoms with Crippen LogP contribution in [0.4, 0.5) is 0 Å². The second kappa shape index (κ2) is 3.76. The Hall–Kier alpha value is -0.980. The Labute approximate surface area is 104 Å². The number of rotatable bonds is 0. The predicted molar refractivity (Wildman–Crippen MR) is 70.4 cm³/mol. The van der Waals surface area contributed by atoms with E-state index in [4.69, 9.17) is 4.74 Å². The van der Waals surface area contributed by atoms with Crippen LogP contribution in [0.15, 0.2) is 24.3 Å². The standard InChI is InChI=1S/C16H22O/c1-15(2)9-5-10-16(12-15)11-8-13-6-3-4-7-14(13)17-16/h3-4,6-7H,5,8-12H2,1-2H3. The second-order valence-electron chi connectivity index (χ2n) is 6.59. The van der Waals surface area contributed by atoms with Crippen LogP contribution in [0.25, 0.3) is 0 Å². The van der Waals surface area contributed by atoms with Crippen LogP contribution in [-0.2, 0) is 6.42 Å². The topological polar surface area (TPSA) is 9.23 Å². The third kappa shape index (κ3) is 2.08. The van der Waals surface area contributed by atoms with Crippen LogP contribution in [0.1, 0.15) is 51.5 Å². The Morgan fingerprint density at radius 1 is 1.06 bits per heavy atom. The van der Waals surface area contributed by atoms with Crippen LogP contribution in [0, 0.1) is 5.41 Å². The number of aryl methyl sites for hydroxylation is 1. The van der Waals surface area contributed by atoms with Gasteiger partial charge in [-0.3, -0.25) is 0 Å². The van der Waals surface area contributed by atoms with Gasteiger partial charge >= 0.3 is 0 Å². The van der Waals surface area contributed by atoms with Crippen molar-refractivity contribution in [1.82, 2.24) is 0 Å². The molecule has 0 bridgehead atoms. The van der Waals surface area contributed by atoms with Gasteiger partial charge in [-0.05, 0) is 55.6 Å². The number of hydrogen-bond donors (Lipinski definition) is 0. The van der Waals surface area contributed by atoms with E-state index < -0.39 is 0 Å². The first-order valence-electron chi connectivity index (χ1n) is 6.86. The van der Waals surface area contributed by atoms with Gasteiger partial charge in [0.1, 0.15) is 11.4 Å². The quantitative estimate of drug-likeness (QED) is 0.644. The van der Waals surface area contributed by atoms with E-state index in [9.17, 15) is 0 Å². The molecule has 1 heterocycles. The van der Waals surface area contributed by atoms with E-state index in [0.29, 0.717) is 5.41 Å². The van der Waals surface area contributed by atoms with Gasteiger partial charge in [-0.1, -0.05) is 32.0 Å². The molecule has 1 fully saturated rings. The Morgan fingerprint density at radius 3 is 2.71 bits per heavy atom. The molecule has 0 saturated heterocycles. The molecule has 17 heavy (non-hydrogen) atoms. The van der Waals surface area contributed by atoms with Gasteiger partial charge in [-0.2, -0.15) is 0 Å². The van der Waals surface area contributed by atoms with Crippen LogP contribution in [0.2, 0.25) is 0 Å². The summed E-state index contributed by atoms with van der Waals surface area (Å²) in [5.41, 5.74) is 1.97. The van der Waals surface area contributed by atoms with E-state index >= 15 is 0 Å². The minimum Gasteiger partial charge on any atom is -0.487 e. The lowest BCUT2D eigenvalue weighted by Gasteiger charge is -2.47. The fourth-order valence-corrected chi connectivity index (χ4v) is 3.70. The van der Waals surface area contributed by atoms with Gasteiger partial charge in [0.05, 0.1) is 0 Å². The summed E-state index contributed by atoms with van der Waals surface area (Å²) in [7, 11) is 0. The molecule has 1 atom stereocenters. The molecule has 1 heteroatoms. The summed E-state index contributed by atoms with van der Waals surface area (Å²) in [6.07, 6.45) is 7.51. The first-order chi connectivity index (χ1) is 8.09. The number of benzene rings is 1. The predicted octanol–water partition coefficient (Wildman–Crippen LogP) is 4.35. The van der Waals surface area contributed by atoms with Gasteiger partial charge in [0.2, 0.25) is 0 Å². The summed E-state index contributed by atoms with van der Waals surface area (Å²) in [4.78, 5) is 0. The van der Waals surface area contributed by atoms with Crippen molar-refractivity contribution in [3.63, 3.8) is 0 Å². The van der Waals surface area contributed by atoms with E-state index in [1.807, 2.05) is 0 Å². The van der Waals surface area contributed by atoms with E-state index in [1.54, 1.807) is 0 Å². The molecular weight excluding hydrogens is 208 g/mol. The van der Waals surface area contributed by atoms with Gasteiger partial charge in [0, 0.05) is 0 Å². The van der Waals surface area contributed by atoms with Gasteiger partial charge in [-0.15, -0.1) is 0 Å². The zero-order chi connectivity index (χ0) is 11.9. The number of hydrogen-bond acceptors (Lipinski definition) is 1. The zero-order valence-corrected chi connectivity index (χ0v) is 11.0. The highest BCUT2D eigenvalue weighted by Gasteiger charge is 2.43. The van der Waals surface area contributed by atoms with Crippen LogP contribution < -0.4 is 4.74 Å². The van der Waals surface area contributed by atoms with Crippen molar-refractivity contribution in [2.75, 3.05) is 0 Å². The summed E-state index contributed by atoms with van der Waals surface area (Å²) in [6, 6.07) is 8.55. The maximum absolute atomic E-state index is 6.40. The normalized spacial score (nSPS) is 30.7. The summed E-state index contributed by atoms with van der Waals surface area (Å²) in [6.45, 7) is 4.77. The minimum atomic E-state index is 0.135. The SMILES string of the molecule is CC1(C)CCCC2(CCc3ccccc3O2)C1. The maximum Gasteiger partial charge on any atom is 0.123 e. The summed E-state index contributed by atoms with van der Waals surface area (Å²) in [5.74, 6) is 1.14. The molecule has 0 amide bonds. The molecule has 1 aliphatic carbocycles. The molecule has 2 aliphatic rings. The Morgan fingerprint density at radius 2 is 1.88 bits per heavy atom. The minimum absolute atomic E-state index is 0.135. The van der Waals surface area contributed by atoms with Crippen molar-refractivity contribution in [2.24, 2.45) is 5.41 Å². The second-order valence-corrected chi connectivity index (χ2v) is 6.59. The number of ether oxygens (including phenoxy) is 1. The maximum atomic E-state index is 6.40. The molecule has 0 radical (unpaired) electrons. The largest absolute Gasteiger partial charge is 0.487 e. The highest BCUT2D eigenvalue weighted by atomic mass is 16.5. The molecule has 1 aliphatic heterocycles. The lowest BCUT2D eigenvalue weighted by Crippen LogP contribution is -2.46. The third-order valence-electron chi connectivity index (χ3n) is 4.44. The molecule has 92 valence electrons. The van der Waals surface area contributed by atoms with Gasteiger partial charge in [0.25, 0.3) is 0 Å². The summed E-state index contributed by atoms with van der Waals surface area (Å²) in [5, 5.41) is 0. The number of fused-ring (bicyclic) bond motifs is 1. The van der Waals surface area contributed by atoms with Crippen LogP contribution in [0.3, 0.4) is 0 Å². The van der Waals surface area contributed by atoms with Gasteiger partial charge in [0.15, 0.2) is 0 Å². The first kappa shape index (κ1) is 11.1. The molecule has 1 aromatic carbocycles. The lowest BCUT2D eigenvalue weighted by atomic mass is 9.67. The first-order valence-corrected chi connectivity index (χ1v) is 6.86. The van der Waals surface area contributed by atoms with Crippen molar-refractivity contribution in [3.05, 3.63) is 29.8 Å². The van der Waals surface area contributed by atoms with E-state index in [-0.39, 0.29) is 5.60 Å². The highest BCUT2D eigenvalue weighted by Crippen LogP contribution is 2.47. The van der Waals surface area contributed by atoms with Crippen molar-refractivity contribution < 1.29 is 4.74 Å². The fourth-order valence-electron chi connectivity index (χ4n) is 3.70. The van der Waals surface area contributed by atoms with E-state index in [0.717, 1.165) is 5.75 Å². The van der Waals surface area contributed by atoms with Gasteiger partial charge in [-0.25, -0.2) is 0 Å². The average Bonchev–Trinajstić information content (AvgIpc) is 2.27. The zero-order valence-electron chi connectivity index (χ0n) is 11.0. The Bertz CT molecular complexity index is 421. The summed E-state index contributed by atoms with van der Waals surface area (Å²) < 4.78 is 6.40. The van der Waals surface area contributed by atoms with Gasteiger partial charge < -0.3 is 4.74 Å². The molecule has 1 saturated carbocycles. The Kier molecular flexibility index (Phi) is 2.46. The molecule has 1 unspecified atom stereocenters. The van der Waals surface area contributed by atoms with Crippen molar-refractivity contribution in [1.29, 1.82) is 0 Å². The lowest BCUT2D eigenvalue weighted by molar-refractivity contribution is -0.0317. The van der Waals surface area contributed by atoms with Crippen molar-refractivity contribution >= 4 is 0 Å². The molecule has 0 N–H and O–H groups in total.